The molecule has 8 nitrogen and oxygen atoms in total. The van der Waals surface area contributed by atoms with Gasteiger partial charge in [0.1, 0.15) is 0 Å². The second-order valence-corrected chi connectivity index (χ2v) is 8.31. The molecule has 1 aliphatic heterocycles. The summed E-state index contributed by atoms with van der Waals surface area (Å²) in [5.74, 6) is -0.482. The predicted octanol–water partition coefficient (Wildman–Crippen LogP) is 4.27. The van der Waals surface area contributed by atoms with Crippen molar-refractivity contribution in [1.82, 2.24) is 15.6 Å². The third-order valence-electron chi connectivity index (χ3n) is 5.41. The van der Waals surface area contributed by atoms with Crippen molar-refractivity contribution in [3.05, 3.63) is 82.9 Å². The van der Waals surface area contributed by atoms with E-state index < -0.39 is 0 Å². The number of aromatic nitrogens is 1. The highest BCUT2D eigenvalue weighted by molar-refractivity contribution is 7.17. The summed E-state index contributed by atoms with van der Waals surface area (Å²) in [7, 11) is 1.51. The van der Waals surface area contributed by atoms with Crippen LogP contribution in [0.1, 0.15) is 26.3 Å². The van der Waals surface area contributed by atoms with Gasteiger partial charge in [0.05, 0.1) is 22.5 Å². The minimum Gasteiger partial charge on any atom is -0.355 e. The standard InChI is InChI=1S/C24H19N5O3S/c1-25-22(30)15-10-18(28-23(31)17-13-33-20-9-5-3-7-16(17)20)21(26-12-15)29-19-8-4-2-6-14(19)11-27-24(29)32/h2-10,12-13H,11H2,1H3,(H,25,30)(H,27,32)(H,28,31). The number of nitrogens with one attached hydrogen (secondary N) is 3. The van der Waals surface area contributed by atoms with Crippen molar-refractivity contribution in [2.24, 2.45) is 0 Å². The Bertz CT molecular complexity index is 1410. The lowest BCUT2D eigenvalue weighted by atomic mass is 10.1. The Morgan fingerprint density at radius 3 is 2.73 bits per heavy atom. The Morgan fingerprint density at radius 1 is 1.09 bits per heavy atom. The van der Waals surface area contributed by atoms with Crippen LogP contribution in [0.3, 0.4) is 0 Å². The molecule has 4 aromatic rings. The van der Waals surface area contributed by atoms with Gasteiger partial charge in [-0.15, -0.1) is 11.3 Å². The zero-order chi connectivity index (χ0) is 22.9. The number of fused-ring (bicyclic) bond motifs is 2. The third kappa shape index (κ3) is 3.68. The Hall–Kier alpha value is -4.24. The van der Waals surface area contributed by atoms with E-state index in [-0.39, 0.29) is 34.9 Å². The lowest BCUT2D eigenvalue weighted by Gasteiger charge is -2.30. The van der Waals surface area contributed by atoms with E-state index in [2.05, 4.69) is 20.9 Å². The molecule has 0 spiro atoms. The van der Waals surface area contributed by atoms with Crippen LogP contribution in [0.15, 0.2) is 66.2 Å². The molecule has 1 aliphatic rings. The first-order chi connectivity index (χ1) is 16.1. The van der Waals surface area contributed by atoms with Crippen molar-refractivity contribution in [3.8, 4) is 0 Å². The molecule has 0 atom stereocenters. The molecular formula is C24H19N5O3S. The fourth-order valence-corrected chi connectivity index (χ4v) is 4.73. The van der Waals surface area contributed by atoms with Crippen molar-refractivity contribution in [1.29, 1.82) is 0 Å². The number of para-hydroxylation sites is 1. The van der Waals surface area contributed by atoms with Gasteiger partial charge in [-0.1, -0.05) is 36.4 Å². The summed E-state index contributed by atoms with van der Waals surface area (Å²) in [6, 6.07) is 16.2. The van der Waals surface area contributed by atoms with Crippen LogP contribution < -0.4 is 20.9 Å². The minimum atomic E-state index is -0.370. The Kier molecular flexibility index (Phi) is 5.23. The monoisotopic (exact) mass is 457 g/mol. The van der Waals surface area contributed by atoms with E-state index in [0.717, 1.165) is 15.6 Å². The van der Waals surface area contributed by atoms with Gasteiger partial charge in [0.15, 0.2) is 5.82 Å². The molecule has 4 amide bonds. The van der Waals surface area contributed by atoms with E-state index in [1.165, 1.54) is 35.5 Å². The van der Waals surface area contributed by atoms with Gasteiger partial charge in [-0.25, -0.2) is 14.7 Å². The highest BCUT2D eigenvalue weighted by atomic mass is 32.1. The number of hydrogen-bond donors (Lipinski definition) is 3. The SMILES string of the molecule is CNC(=O)c1cnc(N2C(=O)NCc3ccccc32)c(NC(=O)c2csc3ccccc23)c1. The van der Waals surface area contributed by atoms with E-state index >= 15 is 0 Å². The fourth-order valence-electron chi connectivity index (χ4n) is 3.79. The second kappa shape index (κ2) is 8.36. The maximum atomic E-state index is 13.3. The lowest BCUT2D eigenvalue weighted by molar-refractivity contribution is 0.0961. The van der Waals surface area contributed by atoms with Crippen molar-refractivity contribution in [2.45, 2.75) is 6.54 Å². The van der Waals surface area contributed by atoms with Gasteiger partial charge in [-0.3, -0.25) is 9.59 Å². The molecule has 0 fully saturated rings. The fraction of sp³-hybridized carbons (Fsp3) is 0.0833. The molecule has 3 N–H and O–H groups in total. The summed E-state index contributed by atoms with van der Waals surface area (Å²) >= 11 is 1.47. The first kappa shape index (κ1) is 20.7. The number of amides is 4. The van der Waals surface area contributed by atoms with Crippen LogP contribution in [0, 0.1) is 0 Å². The molecule has 2 aromatic carbocycles. The topological polar surface area (TPSA) is 103 Å². The first-order valence-corrected chi connectivity index (χ1v) is 11.1. The number of pyridine rings is 1. The number of hydrogen-bond acceptors (Lipinski definition) is 5. The van der Waals surface area contributed by atoms with E-state index in [1.807, 2.05) is 48.5 Å². The summed E-state index contributed by atoms with van der Waals surface area (Å²) < 4.78 is 0.990. The smallest absolute Gasteiger partial charge is 0.328 e. The minimum absolute atomic E-state index is 0.222. The summed E-state index contributed by atoms with van der Waals surface area (Å²) in [6.45, 7) is 0.393. The predicted molar refractivity (Wildman–Crippen MR) is 128 cm³/mol. The summed E-state index contributed by atoms with van der Waals surface area (Å²) in [5, 5.41) is 10.9. The van der Waals surface area contributed by atoms with Crippen LogP contribution in [-0.2, 0) is 6.54 Å². The number of anilines is 3. The van der Waals surface area contributed by atoms with E-state index in [9.17, 15) is 14.4 Å². The summed E-state index contributed by atoms with van der Waals surface area (Å²) in [5.41, 5.74) is 2.60. The highest BCUT2D eigenvalue weighted by Gasteiger charge is 2.29. The van der Waals surface area contributed by atoms with Crippen molar-refractivity contribution >= 4 is 56.5 Å². The summed E-state index contributed by atoms with van der Waals surface area (Å²) in [6.07, 6.45) is 1.38. The van der Waals surface area contributed by atoms with Gasteiger partial charge >= 0.3 is 6.03 Å². The molecule has 0 saturated heterocycles. The third-order valence-corrected chi connectivity index (χ3v) is 6.37. The van der Waals surface area contributed by atoms with Gasteiger partial charge < -0.3 is 16.0 Å². The van der Waals surface area contributed by atoms with Crippen LogP contribution in [0.4, 0.5) is 22.0 Å². The quantitative estimate of drug-likeness (QED) is 0.426. The molecule has 9 heteroatoms. The maximum absolute atomic E-state index is 13.3. The zero-order valence-electron chi connectivity index (χ0n) is 17.6. The molecule has 5 rings (SSSR count). The molecule has 33 heavy (non-hydrogen) atoms. The van der Waals surface area contributed by atoms with Crippen LogP contribution >= 0.6 is 11.3 Å². The first-order valence-electron chi connectivity index (χ1n) is 10.2. The maximum Gasteiger partial charge on any atom is 0.328 e. The number of benzene rings is 2. The molecule has 2 aromatic heterocycles. The van der Waals surface area contributed by atoms with Crippen molar-refractivity contribution in [2.75, 3.05) is 17.3 Å². The van der Waals surface area contributed by atoms with Crippen molar-refractivity contribution < 1.29 is 14.4 Å². The molecule has 0 aliphatic carbocycles. The molecule has 0 radical (unpaired) electrons. The number of carbonyl (C=O) groups excluding carboxylic acids is 3. The zero-order valence-corrected chi connectivity index (χ0v) is 18.4. The average molecular weight is 458 g/mol. The summed E-state index contributed by atoms with van der Waals surface area (Å²) in [4.78, 5) is 44.2. The van der Waals surface area contributed by atoms with E-state index in [4.69, 9.17) is 0 Å². The second-order valence-electron chi connectivity index (χ2n) is 7.40. The Morgan fingerprint density at radius 2 is 1.88 bits per heavy atom. The van der Waals surface area contributed by atoms with Gasteiger partial charge in [0, 0.05) is 35.3 Å². The van der Waals surface area contributed by atoms with Gasteiger partial charge in [0.2, 0.25) is 0 Å². The largest absolute Gasteiger partial charge is 0.355 e. The van der Waals surface area contributed by atoms with Gasteiger partial charge in [-0.05, 0) is 23.8 Å². The van der Waals surface area contributed by atoms with Crippen LogP contribution in [0.2, 0.25) is 0 Å². The van der Waals surface area contributed by atoms with Gasteiger partial charge in [-0.2, -0.15) is 0 Å². The molecule has 0 saturated carbocycles. The normalized spacial score (nSPS) is 12.8. The van der Waals surface area contributed by atoms with Crippen LogP contribution in [-0.4, -0.2) is 29.9 Å². The number of thiophene rings is 1. The molecule has 0 bridgehead atoms. The lowest BCUT2D eigenvalue weighted by Crippen LogP contribution is -2.42. The molecular weight excluding hydrogens is 438 g/mol. The average Bonchev–Trinajstić information content (AvgIpc) is 3.28. The Labute approximate surface area is 193 Å². The number of urea groups is 1. The number of nitrogens with zero attached hydrogens (tertiary/aromatic N) is 2. The van der Waals surface area contributed by atoms with Crippen LogP contribution in [0.25, 0.3) is 10.1 Å². The number of rotatable bonds is 4. The molecule has 164 valence electrons. The Balaban J connectivity index is 1.60. The van der Waals surface area contributed by atoms with Gasteiger partial charge in [0.25, 0.3) is 11.8 Å². The highest BCUT2D eigenvalue weighted by Crippen LogP contribution is 2.36. The molecule has 3 heterocycles. The molecule has 0 unspecified atom stereocenters. The van der Waals surface area contributed by atoms with Crippen LogP contribution in [0.5, 0.6) is 0 Å². The van der Waals surface area contributed by atoms with E-state index in [1.54, 1.807) is 5.38 Å². The number of carbonyl (C=O) groups is 3. The van der Waals surface area contributed by atoms with E-state index in [0.29, 0.717) is 17.8 Å². The van der Waals surface area contributed by atoms with Crippen molar-refractivity contribution in [3.63, 3.8) is 0 Å².